The molecule has 0 aromatic carbocycles. The van der Waals surface area contributed by atoms with E-state index in [1.54, 1.807) is 12.3 Å². The highest BCUT2D eigenvalue weighted by molar-refractivity contribution is 5.42. The zero-order chi connectivity index (χ0) is 8.97. The molecule has 0 spiro atoms. The maximum absolute atomic E-state index is 5.42. The summed E-state index contributed by atoms with van der Waals surface area (Å²) in [7, 11) is 0. The van der Waals surface area contributed by atoms with E-state index in [0.29, 0.717) is 0 Å². The van der Waals surface area contributed by atoms with E-state index in [4.69, 9.17) is 4.74 Å². The zero-order valence-electron chi connectivity index (χ0n) is 7.45. The Morgan fingerprint density at radius 2 is 2.25 bits per heavy atom. The molecule has 0 aliphatic rings. The largest absolute Gasteiger partial charge is 0.489 e. The smallest absolute Gasteiger partial charge is 0.138 e. The van der Waals surface area contributed by atoms with E-state index < -0.39 is 0 Å². The van der Waals surface area contributed by atoms with Crippen LogP contribution in [-0.2, 0) is 0 Å². The van der Waals surface area contributed by atoms with Gasteiger partial charge in [0, 0.05) is 0 Å². The molecule has 0 amide bonds. The van der Waals surface area contributed by atoms with Crippen LogP contribution >= 0.6 is 0 Å². The van der Waals surface area contributed by atoms with Crippen molar-refractivity contribution in [3.05, 3.63) is 30.6 Å². The minimum Gasteiger partial charge on any atom is -0.489 e. The standard InChI is InChI=1S/C10H13NO/c1-4-9-5-6-10(7-11-9)12-8(2)3/h4-8H,1H2,2-3H3. The van der Waals surface area contributed by atoms with Gasteiger partial charge in [-0.05, 0) is 32.1 Å². The van der Waals surface area contributed by atoms with E-state index in [-0.39, 0.29) is 6.10 Å². The molecule has 0 unspecified atom stereocenters. The van der Waals surface area contributed by atoms with Crippen LogP contribution in [0.4, 0.5) is 0 Å². The lowest BCUT2D eigenvalue weighted by atomic mass is 10.3. The van der Waals surface area contributed by atoms with Crippen LogP contribution in [0.2, 0.25) is 0 Å². The molecule has 0 saturated heterocycles. The van der Waals surface area contributed by atoms with Gasteiger partial charge in [0.25, 0.3) is 0 Å². The molecule has 1 heterocycles. The lowest BCUT2D eigenvalue weighted by Crippen LogP contribution is -2.05. The summed E-state index contributed by atoms with van der Waals surface area (Å²) in [6, 6.07) is 3.77. The van der Waals surface area contributed by atoms with E-state index in [9.17, 15) is 0 Å². The maximum atomic E-state index is 5.42. The molecule has 0 atom stereocenters. The quantitative estimate of drug-likeness (QED) is 0.683. The molecule has 2 nitrogen and oxygen atoms in total. The Bertz CT molecular complexity index is 251. The van der Waals surface area contributed by atoms with Crippen LogP contribution in [0.3, 0.4) is 0 Å². The molecule has 0 aliphatic heterocycles. The van der Waals surface area contributed by atoms with Crippen LogP contribution in [0, 0.1) is 0 Å². The summed E-state index contributed by atoms with van der Waals surface area (Å²) in [4.78, 5) is 4.11. The minimum atomic E-state index is 0.196. The topological polar surface area (TPSA) is 22.1 Å². The van der Waals surface area contributed by atoms with E-state index in [1.807, 2.05) is 26.0 Å². The van der Waals surface area contributed by atoms with Crippen molar-refractivity contribution >= 4 is 6.08 Å². The number of rotatable bonds is 3. The van der Waals surface area contributed by atoms with Gasteiger partial charge in [0.1, 0.15) is 5.75 Å². The molecule has 1 aromatic rings. The molecule has 0 fully saturated rings. The van der Waals surface area contributed by atoms with Crippen LogP contribution in [-0.4, -0.2) is 11.1 Å². The summed E-state index contributed by atoms with van der Waals surface area (Å²) in [5.41, 5.74) is 0.867. The van der Waals surface area contributed by atoms with Gasteiger partial charge in [-0.15, -0.1) is 0 Å². The van der Waals surface area contributed by atoms with Gasteiger partial charge >= 0.3 is 0 Å². The number of hydrogen-bond donors (Lipinski definition) is 0. The first-order valence-electron chi connectivity index (χ1n) is 3.97. The highest BCUT2D eigenvalue weighted by Gasteiger charge is 1.96. The lowest BCUT2D eigenvalue weighted by Gasteiger charge is -2.08. The van der Waals surface area contributed by atoms with Crippen molar-refractivity contribution in [1.82, 2.24) is 4.98 Å². The highest BCUT2D eigenvalue weighted by Crippen LogP contribution is 2.11. The van der Waals surface area contributed by atoms with Crippen LogP contribution in [0.1, 0.15) is 19.5 Å². The van der Waals surface area contributed by atoms with Crippen molar-refractivity contribution in [2.45, 2.75) is 20.0 Å². The summed E-state index contributed by atoms with van der Waals surface area (Å²) in [6.07, 6.45) is 3.61. The van der Waals surface area contributed by atoms with Gasteiger partial charge in [-0.2, -0.15) is 0 Å². The van der Waals surface area contributed by atoms with E-state index in [0.717, 1.165) is 11.4 Å². The lowest BCUT2D eigenvalue weighted by molar-refractivity contribution is 0.241. The molecule has 0 bridgehead atoms. The van der Waals surface area contributed by atoms with Crippen molar-refractivity contribution < 1.29 is 4.74 Å². The Morgan fingerprint density at radius 1 is 1.50 bits per heavy atom. The molecular weight excluding hydrogens is 150 g/mol. The van der Waals surface area contributed by atoms with Gasteiger partial charge in [0.2, 0.25) is 0 Å². The first-order valence-corrected chi connectivity index (χ1v) is 3.97. The average Bonchev–Trinajstić information content (AvgIpc) is 2.05. The van der Waals surface area contributed by atoms with Crippen molar-refractivity contribution in [2.24, 2.45) is 0 Å². The predicted molar refractivity (Wildman–Crippen MR) is 50.1 cm³/mol. The number of nitrogens with zero attached hydrogens (tertiary/aromatic N) is 1. The molecule has 0 saturated carbocycles. The van der Waals surface area contributed by atoms with Gasteiger partial charge in [-0.3, -0.25) is 4.98 Å². The Kier molecular flexibility index (Phi) is 2.86. The monoisotopic (exact) mass is 163 g/mol. The van der Waals surface area contributed by atoms with Crippen molar-refractivity contribution in [3.8, 4) is 5.75 Å². The Morgan fingerprint density at radius 3 is 2.67 bits per heavy atom. The summed E-state index contributed by atoms with van der Waals surface area (Å²) in [5, 5.41) is 0. The average molecular weight is 163 g/mol. The molecule has 1 aromatic heterocycles. The first kappa shape index (κ1) is 8.78. The second kappa shape index (κ2) is 3.90. The van der Waals surface area contributed by atoms with Crippen molar-refractivity contribution in [2.75, 3.05) is 0 Å². The Labute approximate surface area is 72.9 Å². The fourth-order valence-corrected chi connectivity index (χ4v) is 0.854. The molecule has 0 N–H and O–H groups in total. The third-order valence-electron chi connectivity index (χ3n) is 1.34. The van der Waals surface area contributed by atoms with Gasteiger partial charge in [0.05, 0.1) is 18.0 Å². The van der Waals surface area contributed by atoms with Gasteiger partial charge in [-0.1, -0.05) is 6.58 Å². The normalized spacial score (nSPS) is 9.92. The van der Waals surface area contributed by atoms with E-state index in [2.05, 4.69) is 11.6 Å². The van der Waals surface area contributed by atoms with Gasteiger partial charge in [-0.25, -0.2) is 0 Å². The summed E-state index contributed by atoms with van der Waals surface area (Å²) >= 11 is 0. The molecule has 0 radical (unpaired) electrons. The van der Waals surface area contributed by atoms with Crippen molar-refractivity contribution in [3.63, 3.8) is 0 Å². The minimum absolute atomic E-state index is 0.196. The maximum Gasteiger partial charge on any atom is 0.138 e. The molecule has 2 heteroatoms. The highest BCUT2D eigenvalue weighted by atomic mass is 16.5. The predicted octanol–water partition coefficient (Wildman–Crippen LogP) is 2.51. The van der Waals surface area contributed by atoms with Crippen LogP contribution in [0.15, 0.2) is 24.9 Å². The van der Waals surface area contributed by atoms with Crippen molar-refractivity contribution in [1.29, 1.82) is 0 Å². The molecule has 64 valence electrons. The number of pyridine rings is 1. The fraction of sp³-hybridized carbons (Fsp3) is 0.300. The van der Waals surface area contributed by atoms with Gasteiger partial charge in [0.15, 0.2) is 0 Å². The number of aromatic nitrogens is 1. The number of ether oxygens (including phenoxy) is 1. The third-order valence-corrected chi connectivity index (χ3v) is 1.34. The third kappa shape index (κ3) is 2.38. The Hall–Kier alpha value is -1.31. The van der Waals surface area contributed by atoms with E-state index >= 15 is 0 Å². The SMILES string of the molecule is C=Cc1ccc(OC(C)C)cn1. The second-order valence-corrected chi connectivity index (χ2v) is 2.79. The first-order chi connectivity index (χ1) is 5.72. The zero-order valence-corrected chi connectivity index (χ0v) is 7.45. The summed E-state index contributed by atoms with van der Waals surface area (Å²) in [5.74, 6) is 0.801. The molecule has 12 heavy (non-hydrogen) atoms. The van der Waals surface area contributed by atoms with Gasteiger partial charge < -0.3 is 4.74 Å². The number of hydrogen-bond acceptors (Lipinski definition) is 2. The molecule has 1 rings (SSSR count). The molecular formula is C10H13NO. The van der Waals surface area contributed by atoms with Crippen LogP contribution in [0.5, 0.6) is 5.75 Å². The van der Waals surface area contributed by atoms with Crippen LogP contribution in [0.25, 0.3) is 6.08 Å². The van der Waals surface area contributed by atoms with E-state index in [1.165, 1.54) is 0 Å². The molecule has 0 aliphatic carbocycles. The summed E-state index contributed by atoms with van der Waals surface area (Å²) in [6.45, 7) is 7.59. The fourth-order valence-electron chi connectivity index (χ4n) is 0.854. The van der Waals surface area contributed by atoms with Crippen LogP contribution < -0.4 is 4.74 Å². The second-order valence-electron chi connectivity index (χ2n) is 2.79. The summed E-state index contributed by atoms with van der Waals surface area (Å²) < 4.78 is 5.42. The Balaban J connectivity index is 2.71.